The van der Waals surface area contributed by atoms with Gasteiger partial charge < -0.3 is 14.1 Å². The molecule has 0 bridgehead atoms. The Morgan fingerprint density at radius 1 is 1.00 bits per heavy atom. The van der Waals surface area contributed by atoms with Crippen molar-refractivity contribution in [2.75, 3.05) is 44.7 Å². The highest BCUT2D eigenvalue weighted by Crippen LogP contribution is 2.25. The number of hydrogen-bond donors (Lipinski definition) is 1. The molecule has 0 amide bonds. The average molecular weight is 468 g/mol. The van der Waals surface area contributed by atoms with Gasteiger partial charge in [0.15, 0.2) is 0 Å². The molecule has 1 N–H and O–H groups in total. The summed E-state index contributed by atoms with van der Waals surface area (Å²) < 4.78 is 38.8. The van der Waals surface area contributed by atoms with Gasteiger partial charge in [0.2, 0.25) is 10.0 Å². The van der Waals surface area contributed by atoms with Gasteiger partial charge in [0, 0.05) is 43.8 Å². The average Bonchev–Trinajstić information content (AvgIpc) is 3.39. The van der Waals surface area contributed by atoms with Gasteiger partial charge in [-0.3, -0.25) is 4.90 Å². The van der Waals surface area contributed by atoms with Crippen molar-refractivity contribution in [3.63, 3.8) is 0 Å². The van der Waals surface area contributed by atoms with E-state index in [-0.39, 0.29) is 12.6 Å². The number of rotatable bonds is 9. The lowest BCUT2D eigenvalue weighted by atomic mass is 10.1. The molecule has 1 aliphatic heterocycles. The summed E-state index contributed by atoms with van der Waals surface area (Å²) in [6.45, 7) is 3.49. The third-order valence-corrected chi connectivity index (χ3v) is 6.84. The molecule has 33 heavy (non-hydrogen) atoms. The van der Waals surface area contributed by atoms with Crippen molar-refractivity contribution < 1.29 is 17.6 Å². The maximum atomic E-state index is 12.6. The SMILES string of the molecule is COc1ccc(N2CCN(C(CNS(=O)(=O)/C=C/c3ccccc3)c3ccco3)CC2)cc1. The fourth-order valence-corrected chi connectivity index (χ4v) is 4.77. The Morgan fingerprint density at radius 3 is 2.36 bits per heavy atom. The lowest BCUT2D eigenvalue weighted by Gasteiger charge is -2.39. The van der Waals surface area contributed by atoms with Crippen molar-refractivity contribution >= 4 is 21.8 Å². The second-order valence-electron chi connectivity index (χ2n) is 7.86. The van der Waals surface area contributed by atoms with E-state index in [0.29, 0.717) is 0 Å². The summed E-state index contributed by atoms with van der Waals surface area (Å²) in [6.07, 6.45) is 3.22. The van der Waals surface area contributed by atoms with E-state index in [1.165, 1.54) is 5.41 Å². The minimum Gasteiger partial charge on any atom is -0.497 e. The van der Waals surface area contributed by atoms with E-state index in [0.717, 1.165) is 48.9 Å². The van der Waals surface area contributed by atoms with Crippen LogP contribution >= 0.6 is 0 Å². The zero-order chi connectivity index (χ0) is 23.1. The molecule has 0 saturated carbocycles. The number of piperazine rings is 1. The highest BCUT2D eigenvalue weighted by molar-refractivity contribution is 7.92. The van der Waals surface area contributed by atoms with Crippen molar-refractivity contribution in [3.8, 4) is 5.75 Å². The third kappa shape index (κ3) is 6.25. The highest BCUT2D eigenvalue weighted by atomic mass is 32.2. The molecule has 8 heteroatoms. The van der Waals surface area contributed by atoms with Crippen LogP contribution in [-0.2, 0) is 10.0 Å². The summed E-state index contributed by atoms with van der Waals surface area (Å²) >= 11 is 0. The summed E-state index contributed by atoms with van der Waals surface area (Å²) in [5.41, 5.74) is 1.98. The number of methoxy groups -OCH3 is 1. The van der Waals surface area contributed by atoms with Gasteiger partial charge in [0.25, 0.3) is 0 Å². The van der Waals surface area contributed by atoms with Crippen molar-refractivity contribution in [1.29, 1.82) is 0 Å². The maximum Gasteiger partial charge on any atom is 0.233 e. The monoisotopic (exact) mass is 467 g/mol. The van der Waals surface area contributed by atoms with E-state index >= 15 is 0 Å². The molecule has 4 rings (SSSR count). The molecule has 1 aromatic heterocycles. The quantitative estimate of drug-likeness (QED) is 0.517. The molecule has 7 nitrogen and oxygen atoms in total. The van der Waals surface area contributed by atoms with Crippen molar-refractivity contribution in [1.82, 2.24) is 9.62 Å². The fourth-order valence-electron chi connectivity index (χ4n) is 3.95. The van der Waals surface area contributed by atoms with Crippen LogP contribution in [0.15, 0.2) is 82.8 Å². The van der Waals surface area contributed by atoms with Crippen LogP contribution in [-0.4, -0.2) is 53.2 Å². The molecule has 2 heterocycles. The first kappa shape index (κ1) is 23.1. The predicted octanol–water partition coefficient (Wildman–Crippen LogP) is 3.74. The minimum atomic E-state index is -3.59. The summed E-state index contributed by atoms with van der Waals surface area (Å²) in [5.74, 6) is 1.59. The maximum absolute atomic E-state index is 12.6. The van der Waals surface area contributed by atoms with E-state index < -0.39 is 10.0 Å². The molecule has 3 aromatic rings. The Kier molecular flexibility index (Phi) is 7.49. The van der Waals surface area contributed by atoms with Crippen molar-refractivity contribution in [3.05, 3.63) is 89.7 Å². The molecular weight excluding hydrogens is 438 g/mol. The Bertz CT molecular complexity index is 1120. The zero-order valence-corrected chi connectivity index (χ0v) is 19.4. The van der Waals surface area contributed by atoms with Gasteiger partial charge in [-0.05, 0) is 48.0 Å². The first-order chi connectivity index (χ1) is 16.0. The molecule has 174 valence electrons. The molecule has 1 aliphatic rings. The third-order valence-electron chi connectivity index (χ3n) is 5.78. The number of furan rings is 1. The Labute approximate surface area is 195 Å². The van der Waals surface area contributed by atoms with Gasteiger partial charge in [0.05, 0.1) is 19.4 Å². The van der Waals surface area contributed by atoms with Gasteiger partial charge in [-0.1, -0.05) is 30.3 Å². The lowest BCUT2D eigenvalue weighted by Crippen LogP contribution is -2.49. The summed E-state index contributed by atoms with van der Waals surface area (Å²) in [5, 5.41) is 1.21. The molecule has 1 unspecified atom stereocenters. The van der Waals surface area contributed by atoms with Crippen LogP contribution in [0.4, 0.5) is 5.69 Å². The van der Waals surface area contributed by atoms with E-state index in [2.05, 4.69) is 26.7 Å². The summed E-state index contributed by atoms with van der Waals surface area (Å²) in [6, 6.07) is 21.0. The van der Waals surface area contributed by atoms with Gasteiger partial charge in [-0.25, -0.2) is 13.1 Å². The van der Waals surface area contributed by atoms with E-state index in [9.17, 15) is 8.42 Å². The minimum absolute atomic E-state index is 0.182. The predicted molar refractivity (Wildman–Crippen MR) is 131 cm³/mol. The van der Waals surface area contributed by atoms with Gasteiger partial charge in [-0.2, -0.15) is 0 Å². The summed E-state index contributed by atoms with van der Waals surface area (Å²) in [7, 11) is -1.93. The number of ether oxygens (including phenoxy) is 1. The second kappa shape index (κ2) is 10.7. The van der Waals surface area contributed by atoms with Gasteiger partial charge in [-0.15, -0.1) is 0 Å². The second-order valence-corrected chi connectivity index (χ2v) is 9.51. The molecule has 1 saturated heterocycles. The van der Waals surface area contributed by atoms with Gasteiger partial charge in [0.1, 0.15) is 11.5 Å². The standard InChI is InChI=1S/C25H29N3O4S/c1-31-23-11-9-22(10-12-23)27-14-16-28(17-15-27)24(25-8-5-18-32-25)20-26-33(29,30)19-13-21-6-3-2-4-7-21/h2-13,18-19,24,26H,14-17,20H2,1H3/b19-13+. The normalized spacial score (nSPS) is 16.2. The number of anilines is 1. The van der Waals surface area contributed by atoms with Crippen LogP contribution in [0.3, 0.4) is 0 Å². The number of sulfonamides is 1. The first-order valence-corrected chi connectivity index (χ1v) is 12.5. The zero-order valence-electron chi connectivity index (χ0n) is 18.6. The van der Waals surface area contributed by atoms with E-state index in [4.69, 9.17) is 9.15 Å². The summed E-state index contributed by atoms with van der Waals surface area (Å²) in [4.78, 5) is 4.59. The largest absolute Gasteiger partial charge is 0.497 e. The van der Waals surface area contributed by atoms with Crippen molar-refractivity contribution in [2.45, 2.75) is 6.04 Å². The number of nitrogens with zero attached hydrogens (tertiary/aromatic N) is 2. The molecule has 2 aromatic carbocycles. The van der Waals surface area contributed by atoms with Crippen LogP contribution < -0.4 is 14.4 Å². The van der Waals surface area contributed by atoms with Crippen molar-refractivity contribution in [2.24, 2.45) is 0 Å². The van der Waals surface area contributed by atoms with Crippen LogP contribution in [0, 0.1) is 0 Å². The first-order valence-electron chi connectivity index (χ1n) is 10.9. The van der Waals surface area contributed by atoms with E-state index in [1.54, 1.807) is 19.4 Å². The topological polar surface area (TPSA) is 75.0 Å². The van der Waals surface area contributed by atoms with Crippen LogP contribution in [0.2, 0.25) is 0 Å². The smallest absolute Gasteiger partial charge is 0.233 e. The lowest BCUT2D eigenvalue weighted by molar-refractivity contribution is 0.166. The molecule has 0 radical (unpaired) electrons. The molecular formula is C25H29N3O4S. The van der Waals surface area contributed by atoms with E-state index in [1.807, 2.05) is 54.6 Å². The van der Waals surface area contributed by atoms with Gasteiger partial charge >= 0.3 is 0 Å². The van der Waals surface area contributed by atoms with Crippen LogP contribution in [0.25, 0.3) is 6.08 Å². The van der Waals surface area contributed by atoms with Crippen LogP contribution in [0.5, 0.6) is 5.75 Å². The Morgan fingerprint density at radius 2 is 1.73 bits per heavy atom. The molecule has 0 aliphatic carbocycles. The number of nitrogens with one attached hydrogen (secondary N) is 1. The Balaban J connectivity index is 1.39. The highest BCUT2D eigenvalue weighted by Gasteiger charge is 2.28. The number of hydrogen-bond acceptors (Lipinski definition) is 6. The molecule has 1 atom stereocenters. The Hall–Kier alpha value is -3.07. The molecule has 1 fully saturated rings. The fraction of sp³-hybridized carbons (Fsp3) is 0.280. The number of benzene rings is 2. The molecule has 0 spiro atoms. The van der Waals surface area contributed by atoms with Crippen LogP contribution in [0.1, 0.15) is 17.4 Å².